The molecular formula is C15H16N2O2. The number of rotatable bonds is 4. The predicted octanol–water partition coefficient (Wildman–Crippen LogP) is 2.59. The number of carbonyl (C=O) groups excluding carboxylic acids is 1. The second kappa shape index (κ2) is 6.00. The molecule has 2 rings (SSSR count). The zero-order valence-electron chi connectivity index (χ0n) is 11.0. The Morgan fingerprint density at radius 1 is 1.37 bits per heavy atom. The van der Waals surface area contributed by atoms with E-state index in [4.69, 9.17) is 4.42 Å². The third-order valence-electron chi connectivity index (χ3n) is 2.78. The fourth-order valence-corrected chi connectivity index (χ4v) is 1.74. The Morgan fingerprint density at radius 3 is 2.95 bits per heavy atom. The molecule has 0 saturated heterocycles. The molecule has 0 aliphatic heterocycles. The molecule has 1 N–H and O–H groups in total. The summed E-state index contributed by atoms with van der Waals surface area (Å²) in [7, 11) is 0. The molecule has 1 amide bonds. The fourth-order valence-electron chi connectivity index (χ4n) is 1.74. The monoisotopic (exact) mass is 256 g/mol. The molecule has 19 heavy (non-hydrogen) atoms. The number of hydrogen-bond donors (Lipinski definition) is 1. The van der Waals surface area contributed by atoms with Gasteiger partial charge in [0.25, 0.3) is 0 Å². The summed E-state index contributed by atoms with van der Waals surface area (Å²) in [5.41, 5.74) is 5.76. The summed E-state index contributed by atoms with van der Waals surface area (Å²) < 4.78 is 5.07. The van der Waals surface area contributed by atoms with Crippen molar-refractivity contribution in [2.24, 2.45) is 5.10 Å². The van der Waals surface area contributed by atoms with Gasteiger partial charge in [-0.3, -0.25) is 4.79 Å². The number of nitrogens with one attached hydrogen (secondary N) is 1. The largest absolute Gasteiger partial charge is 0.463 e. The van der Waals surface area contributed by atoms with Crippen LogP contribution in [0.5, 0.6) is 0 Å². The molecule has 1 heterocycles. The van der Waals surface area contributed by atoms with Crippen molar-refractivity contribution in [3.8, 4) is 0 Å². The summed E-state index contributed by atoms with van der Waals surface area (Å²) in [5, 5.41) is 3.84. The Bertz CT molecular complexity index is 586. The molecule has 0 aliphatic rings. The van der Waals surface area contributed by atoms with Gasteiger partial charge in [0, 0.05) is 0 Å². The van der Waals surface area contributed by atoms with Crippen molar-refractivity contribution in [2.75, 3.05) is 0 Å². The topological polar surface area (TPSA) is 54.6 Å². The summed E-state index contributed by atoms with van der Waals surface area (Å²) in [6.45, 7) is 4.00. The van der Waals surface area contributed by atoms with Crippen LogP contribution in [0.2, 0.25) is 0 Å². The first kappa shape index (κ1) is 13.1. The number of hydrazone groups is 1. The average Bonchev–Trinajstić information content (AvgIpc) is 2.87. The third-order valence-corrected chi connectivity index (χ3v) is 2.78. The summed E-state index contributed by atoms with van der Waals surface area (Å²) in [6, 6.07) is 9.60. The Labute approximate surface area is 112 Å². The van der Waals surface area contributed by atoms with E-state index in [1.54, 1.807) is 18.4 Å². The van der Waals surface area contributed by atoms with E-state index in [-0.39, 0.29) is 5.91 Å². The van der Waals surface area contributed by atoms with Gasteiger partial charge in [-0.15, -0.1) is 0 Å². The van der Waals surface area contributed by atoms with Crippen molar-refractivity contribution >= 4 is 12.1 Å². The van der Waals surface area contributed by atoms with Crippen molar-refractivity contribution < 1.29 is 9.21 Å². The number of benzene rings is 1. The molecule has 4 nitrogen and oxygen atoms in total. The fraction of sp³-hybridized carbons (Fsp3) is 0.200. The molecule has 0 unspecified atom stereocenters. The van der Waals surface area contributed by atoms with Crippen LogP contribution in [0.1, 0.15) is 22.5 Å². The van der Waals surface area contributed by atoms with Gasteiger partial charge in [-0.25, -0.2) is 5.43 Å². The molecule has 1 aromatic carbocycles. The molecule has 0 saturated carbocycles. The number of carbonyl (C=O) groups is 1. The number of nitrogens with zero attached hydrogens (tertiary/aromatic N) is 1. The summed E-state index contributed by atoms with van der Waals surface area (Å²) in [4.78, 5) is 11.7. The lowest BCUT2D eigenvalue weighted by molar-refractivity contribution is -0.120. The molecule has 0 radical (unpaired) electrons. The maximum Gasteiger partial charge on any atom is 0.244 e. The molecule has 0 atom stereocenters. The Hall–Kier alpha value is -2.36. The van der Waals surface area contributed by atoms with Crippen LogP contribution in [0.4, 0.5) is 0 Å². The van der Waals surface area contributed by atoms with Gasteiger partial charge in [-0.2, -0.15) is 5.10 Å². The SMILES string of the molecule is Cc1ccc(C)c(CC(=O)N/N=C\c2ccco2)c1. The van der Waals surface area contributed by atoms with Gasteiger partial charge >= 0.3 is 0 Å². The zero-order chi connectivity index (χ0) is 13.7. The third kappa shape index (κ3) is 3.81. The first-order valence-electron chi connectivity index (χ1n) is 6.06. The lowest BCUT2D eigenvalue weighted by Crippen LogP contribution is -2.20. The molecule has 1 aromatic heterocycles. The molecule has 2 aromatic rings. The number of aryl methyl sites for hydroxylation is 2. The highest BCUT2D eigenvalue weighted by Gasteiger charge is 2.05. The Kier molecular flexibility index (Phi) is 4.13. The van der Waals surface area contributed by atoms with E-state index in [1.807, 2.05) is 32.0 Å². The van der Waals surface area contributed by atoms with Gasteiger partial charge in [-0.1, -0.05) is 23.8 Å². The molecule has 0 fully saturated rings. The van der Waals surface area contributed by atoms with E-state index in [0.717, 1.165) is 16.7 Å². The van der Waals surface area contributed by atoms with Crippen molar-refractivity contribution in [3.63, 3.8) is 0 Å². The molecule has 0 spiro atoms. The maximum atomic E-state index is 11.7. The highest BCUT2D eigenvalue weighted by Crippen LogP contribution is 2.11. The normalized spacial score (nSPS) is 10.8. The summed E-state index contributed by atoms with van der Waals surface area (Å²) in [5.74, 6) is 0.462. The molecular weight excluding hydrogens is 240 g/mol. The predicted molar refractivity (Wildman–Crippen MR) is 74.1 cm³/mol. The van der Waals surface area contributed by atoms with Crippen LogP contribution in [-0.2, 0) is 11.2 Å². The summed E-state index contributed by atoms with van der Waals surface area (Å²) >= 11 is 0. The van der Waals surface area contributed by atoms with Crippen LogP contribution in [0, 0.1) is 13.8 Å². The Morgan fingerprint density at radius 2 is 2.21 bits per heavy atom. The zero-order valence-corrected chi connectivity index (χ0v) is 11.0. The first-order valence-corrected chi connectivity index (χ1v) is 6.06. The van der Waals surface area contributed by atoms with Crippen molar-refractivity contribution in [2.45, 2.75) is 20.3 Å². The van der Waals surface area contributed by atoms with E-state index in [2.05, 4.69) is 10.5 Å². The second-order valence-electron chi connectivity index (χ2n) is 4.42. The lowest BCUT2D eigenvalue weighted by Gasteiger charge is -2.05. The van der Waals surface area contributed by atoms with E-state index >= 15 is 0 Å². The molecule has 0 bridgehead atoms. The van der Waals surface area contributed by atoms with Crippen molar-refractivity contribution in [1.29, 1.82) is 0 Å². The van der Waals surface area contributed by atoms with Crippen LogP contribution in [0.25, 0.3) is 0 Å². The molecule has 4 heteroatoms. The minimum Gasteiger partial charge on any atom is -0.463 e. The minimum atomic E-state index is -0.142. The van der Waals surface area contributed by atoms with Gasteiger partial charge in [0.1, 0.15) is 5.76 Å². The standard InChI is InChI=1S/C15H16N2O2/c1-11-5-6-12(2)13(8-11)9-15(18)17-16-10-14-4-3-7-19-14/h3-8,10H,9H2,1-2H3,(H,17,18)/b16-10-. The van der Waals surface area contributed by atoms with E-state index < -0.39 is 0 Å². The average molecular weight is 256 g/mol. The number of hydrogen-bond acceptors (Lipinski definition) is 3. The van der Waals surface area contributed by atoms with Gasteiger partial charge in [-0.05, 0) is 37.1 Å². The quantitative estimate of drug-likeness (QED) is 0.675. The lowest BCUT2D eigenvalue weighted by atomic mass is 10.0. The number of amides is 1. The van der Waals surface area contributed by atoms with Crippen molar-refractivity contribution in [3.05, 3.63) is 59.0 Å². The highest BCUT2D eigenvalue weighted by atomic mass is 16.3. The van der Waals surface area contributed by atoms with Crippen LogP contribution in [0.15, 0.2) is 46.1 Å². The van der Waals surface area contributed by atoms with Crippen LogP contribution in [-0.4, -0.2) is 12.1 Å². The van der Waals surface area contributed by atoms with Crippen LogP contribution < -0.4 is 5.43 Å². The van der Waals surface area contributed by atoms with Gasteiger partial charge in [0.2, 0.25) is 5.91 Å². The molecule has 98 valence electrons. The highest BCUT2D eigenvalue weighted by molar-refractivity contribution is 5.81. The second-order valence-corrected chi connectivity index (χ2v) is 4.42. The van der Waals surface area contributed by atoms with E-state index in [1.165, 1.54) is 6.21 Å². The smallest absolute Gasteiger partial charge is 0.244 e. The van der Waals surface area contributed by atoms with Gasteiger partial charge < -0.3 is 4.42 Å². The van der Waals surface area contributed by atoms with Crippen LogP contribution in [0.3, 0.4) is 0 Å². The molecule has 0 aliphatic carbocycles. The first-order chi connectivity index (χ1) is 9.15. The minimum absolute atomic E-state index is 0.142. The Balaban J connectivity index is 1.92. The van der Waals surface area contributed by atoms with Crippen molar-refractivity contribution in [1.82, 2.24) is 5.43 Å². The van der Waals surface area contributed by atoms with Gasteiger partial charge in [0.15, 0.2) is 0 Å². The number of furan rings is 1. The van der Waals surface area contributed by atoms with Gasteiger partial charge in [0.05, 0.1) is 18.9 Å². The van der Waals surface area contributed by atoms with E-state index in [9.17, 15) is 4.79 Å². The maximum absolute atomic E-state index is 11.7. The van der Waals surface area contributed by atoms with E-state index in [0.29, 0.717) is 12.2 Å². The van der Waals surface area contributed by atoms with Crippen LogP contribution >= 0.6 is 0 Å². The summed E-state index contributed by atoms with van der Waals surface area (Å²) in [6.07, 6.45) is 3.35.